The molecule has 1 saturated carbocycles. The summed E-state index contributed by atoms with van der Waals surface area (Å²) in [5, 5.41) is 3.01. The average molecular weight is 318 g/mol. The first-order valence-electron chi connectivity index (χ1n) is 8.57. The molecule has 0 unspecified atom stereocenters. The molecule has 1 saturated heterocycles. The van der Waals surface area contributed by atoms with Gasteiger partial charge in [-0.25, -0.2) is 4.79 Å². The number of carbonyl (C=O) groups is 1. The third kappa shape index (κ3) is 4.16. The number of hydrogen-bond donors (Lipinski definition) is 1. The third-order valence-electron chi connectivity index (χ3n) is 4.70. The van der Waals surface area contributed by atoms with Crippen LogP contribution in [0.25, 0.3) is 0 Å². The van der Waals surface area contributed by atoms with E-state index in [1.807, 2.05) is 29.2 Å². The van der Waals surface area contributed by atoms with Gasteiger partial charge in [0.15, 0.2) is 0 Å². The summed E-state index contributed by atoms with van der Waals surface area (Å²) in [7, 11) is 1.71. The van der Waals surface area contributed by atoms with Crippen molar-refractivity contribution in [2.75, 3.05) is 32.1 Å². The third-order valence-corrected chi connectivity index (χ3v) is 4.70. The Balaban J connectivity index is 1.60. The number of anilines is 1. The van der Waals surface area contributed by atoms with Crippen molar-refractivity contribution in [3.63, 3.8) is 0 Å². The summed E-state index contributed by atoms with van der Waals surface area (Å²) in [6.45, 7) is 2.25. The molecule has 23 heavy (non-hydrogen) atoms. The minimum Gasteiger partial charge on any atom is -0.488 e. The van der Waals surface area contributed by atoms with Crippen molar-refractivity contribution in [2.45, 2.75) is 38.2 Å². The number of para-hydroxylation sites is 2. The molecular weight excluding hydrogens is 292 g/mol. The summed E-state index contributed by atoms with van der Waals surface area (Å²) in [5.41, 5.74) is 0.764. The Morgan fingerprint density at radius 2 is 2.04 bits per heavy atom. The van der Waals surface area contributed by atoms with E-state index in [4.69, 9.17) is 9.47 Å². The van der Waals surface area contributed by atoms with Gasteiger partial charge in [0.25, 0.3) is 0 Å². The number of nitrogens with one attached hydrogen (secondary N) is 1. The average Bonchev–Trinajstić information content (AvgIpc) is 3.21. The van der Waals surface area contributed by atoms with Gasteiger partial charge in [-0.1, -0.05) is 12.1 Å². The van der Waals surface area contributed by atoms with Crippen LogP contribution in [0.4, 0.5) is 10.5 Å². The summed E-state index contributed by atoms with van der Waals surface area (Å²) in [4.78, 5) is 14.3. The van der Waals surface area contributed by atoms with Crippen LogP contribution >= 0.6 is 0 Å². The minimum absolute atomic E-state index is 0.0499. The second-order valence-corrected chi connectivity index (χ2v) is 6.51. The van der Waals surface area contributed by atoms with Crippen molar-refractivity contribution in [2.24, 2.45) is 5.92 Å². The first-order chi connectivity index (χ1) is 11.3. The number of hydrogen-bond acceptors (Lipinski definition) is 3. The molecule has 0 bridgehead atoms. The number of urea groups is 1. The molecule has 0 aromatic heterocycles. The quantitative estimate of drug-likeness (QED) is 0.904. The summed E-state index contributed by atoms with van der Waals surface area (Å²) >= 11 is 0. The summed E-state index contributed by atoms with van der Waals surface area (Å²) in [6.07, 6.45) is 5.95. The predicted octanol–water partition coefficient (Wildman–Crippen LogP) is 3.51. The van der Waals surface area contributed by atoms with Gasteiger partial charge in [-0.05, 0) is 44.2 Å². The first kappa shape index (κ1) is 16.1. The lowest BCUT2D eigenvalue weighted by Crippen LogP contribution is -2.33. The molecule has 2 aliphatic rings. The highest BCUT2D eigenvalue weighted by molar-refractivity contribution is 5.91. The molecule has 1 aromatic rings. The molecular formula is C18H26N2O3. The molecule has 5 heteroatoms. The van der Waals surface area contributed by atoms with Crippen LogP contribution in [0, 0.1) is 5.92 Å². The van der Waals surface area contributed by atoms with E-state index in [0.29, 0.717) is 12.5 Å². The van der Waals surface area contributed by atoms with Crippen LogP contribution in [0.3, 0.4) is 0 Å². The van der Waals surface area contributed by atoms with Gasteiger partial charge in [-0.3, -0.25) is 0 Å². The van der Waals surface area contributed by atoms with Gasteiger partial charge in [-0.15, -0.1) is 0 Å². The smallest absolute Gasteiger partial charge is 0.321 e. The van der Waals surface area contributed by atoms with Crippen LogP contribution in [0.1, 0.15) is 32.1 Å². The number of benzene rings is 1. The maximum atomic E-state index is 12.5. The zero-order chi connectivity index (χ0) is 16.1. The van der Waals surface area contributed by atoms with Gasteiger partial charge in [-0.2, -0.15) is 0 Å². The van der Waals surface area contributed by atoms with E-state index >= 15 is 0 Å². The van der Waals surface area contributed by atoms with Crippen LogP contribution in [0.5, 0.6) is 5.75 Å². The SMILES string of the molecule is COC[C@@H]1CCN(C(=O)Nc2ccccc2OC2CCCC2)C1. The minimum atomic E-state index is -0.0499. The van der Waals surface area contributed by atoms with Crippen molar-refractivity contribution in [3.8, 4) is 5.75 Å². The molecule has 0 spiro atoms. The summed E-state index contributed by atoms with van der Waals surface area (Å²) in [6, 6.07) is 7.67. The van der Waals surface area contributed by atoms with Crippen LogP contribution < -0.4 is 10.1 Å². The van der Waals surface area contributed by atoms with E-state index in [-0.39, 0.29) is 12.1 Å². The van der Waals surface area contributed by atoms with Crippen LogP contribution in [0.15, 0.2) is 24.3 Å². The normalized spacial score (nSPS) is 21.6. The molecule has 5 nitrogen and oxygen atoms in total. The lowest BCUT2D eigenvalue weighted by molar-refractivity contribution is 0.154. The number of carbonyl (C=O) groups excluding carboxylic acids is 1. The van der Waals surface area contributed by atoms with E-state index in [1.54, 1.807) is 7.11 Å². The van der Waals surface area contributed by atoms with Gasteiger partial charge in [0, 0.05) is 26.1 Å². The van der Waals surface area contributed by atoms with E-state index in [0.717, 1.165) is 43.8 Å². The van der Waals surface area contributed by atoms with E-state index < -0.39 is 0 Å². The molecule has 0 radical (unpaired) electrons. The number of methoxy groups -OCH3 is 1. The van der Waals surface area contributed by atoms with Crippen molar-refractivity contribution in [3.05, 3.63) is 24.3 Å². The van der Waals surface area contributed by atoms with Crippen molar-refractivity contribution >= 4 is 11.7 Å². The van der Waals surface area contributed by atoms with Crippen molar-refractivity contribution in [1.82, 2.24) is 4.90 Å². The molecule has 126 valence electrons. The molecule has 1 heterocycles. The van der Waals surface area contributed by atoms with Crippen molar-refractivity contribution in [1.29, 1.82) is 0 Å². The van der Waals surface area contributed by atoms with Crippen molar-refractivity contribution < 1.29 is 14.3 Å². The number of nitrogens with zero attached hydrogens (tertiary/aromatic N) is 1. The highest BCUT2D eigenvalue weighted by atomic mass is 16.5. The fraction of sp³-hybridized carbons (Fsp3) is 0.611. The number of rotatable bonds is 5. The first-order valence-corrected chi connectivity index (χ1v) is 8.57. The standard InChI is InChI=1S/C18H26N2O3/c1-22-13-14-10-11-20(12-14)18(21)19-16-8-4-5-9-17(16)23-15-6-2-3-7-15/h4-5,8-9,14-15H,2-3,6-7,10-13H2,1H3,(H,19,21)/t14-/m1/s1. The fourth-order valence-electron chi connectivity index (χ4n) is 3.44. The van der Waals surface area contributed by atoms with E-state index in [1.165, 1.54) is 12.8 Å². The monoisotopic (exact) mass is 318 g/mol. The highest BCUT2D eigenvalue weighted by Gasteiger charge is 2.27. The molecule has 1 aliphatic heterocycles. The number of likely N-dealkylation sites (tertiary alicyclic amines) is 1. The maximum Gasteiger partial charge on any atom is 0.321 e. The maximum absolute atomic E-state index is 12.5. The Kier molecular flexibility index (Phi) is 5.39. The fourth-order valence-corrected chi connectivity index (χ4v) is 3.44. The largest absolute Gasteiger partial charge is 0.488 e. The summed E-state index contributed by atoms with van der Waals surface area (Å²) in [5.74, 6) is 1.22. The number of amides is 2. The lowest BCUT2D eigenvalue weighted by Gasteiger charge is -2.20. The van der Waals surface area contributed by atoms with Gasteiger partial charge in [0.1, 0.15) is 5.75 Å². The van der Waals surface area contributed by atoms with Gasteiger partial charge in [0.2, 0.25) is 0 Å². The van der Waals surface area contributed by atoms with Gasteiger partial charge < -0.3 is 19.7 Å². The van der Waals surface area contributed by atoms with E-state index in [2.05, 4.69) is 5.32 Å². The van der Waals surface area contributed by atoms with Crippen LogP contribution in [-0.2, 0) is 4.74 Å². The van der Waals surface area contributed by atoms with Gasteiger partial charge in [0.05, 0.1) is 18.4 Å². The Hall–Kier alpha value is -1.75. The van der Waals surface area contributed by atoms with E-state index in [9.17, 15) is 4.79 Å². The lowest BCUT2D eigenvalue weighted by atomic mass is 10.1. The molecule has 3 rings (SSSR count). The topological polar surface area (TPSA) is 50.8 Å². The highest BCUT2D eigenvalue weighted by Crippen LogP contribution is 2.30. The molecule has 1 aliphatic carbocycles. The molecule has 1 N–H and O–H groups in total. The zero-order valence-corrected chi connectivity index (χ0v) is 13.8. The predicted molar refractivity (Wildman–Crippen MR) is 89.9 cm³/mol. The molecule has 1 atom stereocenters. The summed E-state index contributed by atoms with van der Waals surface area (Å²) < 4.78 is 11.3. The van der Waals surface area contributed by atoms with Crippen LogP contribution in [-0.4, -0.2) is 43.8 Å². The second kappa shape index (κ2) is 7.68. The molecule has 2 fully saturated rings. The Morgan fingerprint density at radius 3 is 2.83 bits per heavy atom. The molecule has 1 aromatic carbocycles. The van der Waals surface area contributed by atoms with Crippen LogP contribution in [0.2, 0.25) is 0 Å². The molecule has 2 amide bonds. The Morgan fingerprint density at radius 1 is 1.26 bits per heavy atom. The second-order valence-electron chi connectivity index (χ2n) is 6.51. The van der Waals surface area contributed by atoms with Gasteiger partial charge >= 0.3 is 6.03 Å². The number of ether oxygens (including phenoxy) is 2. The Bertz CT molecular complexity index is 529. The zero-order valence-electron chi connectivity index (χ0n) is 13.8. The Labute approximate surface area is 137 Å².